The van der Waals surface area contributed by atoms with E-state index >= 15 is 0 Å². The van der Waals surface area contributed by atoms with E-state index in [1.807, 2.05) is 0 Å². The van der Waals surface area contributed by atoms with Crippen LogP contribution in [0.15, 0.2) is 0 Å². The van der Waals surface area contributed by atoms with Crippen LogP contribution in [0.5, 0.6) is 0 Å². The summed E-state index contributed by atoms with van der Waals surface area (Å²) in [5.41, 5.74) is 0. The quantitative estimate of drug-likeness (QED) is 0.466. The second-order valence-corrected chi connectivity index (χ2v) is 5.49. The van der Waals surface area contributed by atoms with E-state index in [1.54, 1.807) is 0 Å². The first-order valence-corrected chi connectivity index (χ1v) is 5.90. The average molecular weight is 331 g/mol. The molecule has 0 aliphatic rings. The molecular formula is C10H22INOS. The molecule has 0 saturated carbocycles. The molecule has 86 valence electrons. The molecule has 0 aromatic rings. The van der Waals surface area contributed by atoms with Crippen LogP contribution in [0.2, 0.25) is 0 Å². The maximum absolute atomic E-state index is 11.2. The molecule has 0 aliphatic heterocycles. The molecule has 0 rings (SSSR count). The van der Waals surface area contributed by atoms with Gasteiger partial charge in [0.15, 0.2) is 5.12 Å². The molecule has 0 spiro atoms. The van der Waals surface area contributed by atoms with Crippen molar-refractivity contribution in [2.24, 2.45) is 0 Å². The van der Waals surface area contributed by atoms with Gasteiger partial charge < -0.3 is 28.5 Å². The Balaban J connectivity index is 0. The predicted molar refractivity (Wildman–Crippen MR) is 59.9 cm³/mol. The zero-order valence-electron chi connectivity index (χ0n) is 9.68. The molecule has 0 atom stereocenters. The van der Waals surface area contributed by atoms with E-state index in [-0.39, 0.29) is 24.0 Å². The minimum absolute atomic E-state index is 0. The van der Waals surface area contributed by atoms with Gasteiger partial charge in [0.25, 0.3) is 0 Å². The van der Waals surface area contributed by atoms with Gasteiger partial charge in [-0.1, -0.05) is 25.1 Å². The number of unbranched alkanes of at least 4 members (excludes halogenated alkanes) is 1. The van der Waals surface area contributed by atoms with Crippen molar-refractivity contribution in [1.29, 1.82) is 0 Å². The summed E-state index contributed by atoms with van der Waals surface area (Å²) in [7, 11) is 6.45. The van der Waals surface area contributed by atoms with Gasteiger partial charge in [0.2, 0.25) is 0 Å². The normalized spacial score (nSPS) is 10.9. The van der Waals surface area contributed by atoms with Gasteiger partial charge in [-0.15, -0.1) is 0 Å². The molecule has 14 heavy (non-hydrogen) atoms. The molecule has 0 aromatic carbocycles. The van der Waals surface area contributed by atoms with Gasteiger partial charge >= 0.3 is 0 Å². The molecule has 0 saturated heterocycles. The smallest absolute Gasteiger partial charge is 0.189 e. The largest absolute Gasteiger partial charge is 1.00 e. The van der Waals surface area contributed by atoms with Crippen LogP contribution >= 0.6 is 11.8 Å². The van der Waals surface area contributed by atoms with E-state index in [1.165, 1.54) is 11.8 Å². The van der Waals surface area contributed by atoms with Crippen molar-refractivity contribution in [2.75, 3.05) is 33.4 Å². The van der Waals surface area contributed by atoms with E-state index in [2.05, 4.69) is 28.1 Å². The minimum atomic E-state index is 0. The Labute approximate surface area is 109 Å². The highest BCUT2D eigenvalue weighted by atomic mass is 127. The molecule has 2 nitrogen and oxygen atoms in total. The molecule has 4 heteroatoms. The van der Waals surface area contributed by atoms with Crippen molar-refractivity contribution < 1.29 is 33.3 Å². The first kappa shape index (κ1) is 17.1. The fourth-order valence-corrected chi connectivity index (χ4v) is 1.98. The molecule has 0 aromatic heterocycles. The number of carbonyl (C=O) groups is 1. The van der Waals surface area contributed by atoms with Crippen LogP contribution in [0, 0.1) is 0 Å². The lowest BCUT2D eigenvalue weighted by Crippen LogP contribution is -3.00. The Hall–Kier alpha value is 0.710. The molecule has 0 fully saturated rings. The predicted octanol–water partition coefficient (Wildman–Crippen LogP) is -0.853. The molecular weight excluding hydrogens is 309 g/mol. The van der Waals surface area contributed by atoms with Crippen molar-refractivity contribution >= 4 is 16.9 Å². The van der Waals surface area contributed by atoms with Crippen LogP contribution in [-0.2, 0) is 4.79 Å². The number of rotatable bonds is 6. The second kappa shape index (κ2) is 8.97. The van der Waals surface area contributed by atoms with Gasteiger partial charge in [-0.2, -0.15) is 0 Å². The van der Waals surface area contributed by atoms with Gasteiger partial charge in [0.1, 0.15) is 0 Å². The van der Waals surface area contributed by atoms with Gasteiger partial charge in [-0.05, 0) is 6.42 Å². The number of thioether (sulfide) groups is 1. The third-order valence-electron chi connectivity index (χ3n) is 1.76. The van der Waals surface area contributed by atoms with Crippen LogP contribution in [0.1, 0.15) is 26.2 Å². The maximum Gasteiger partial charge on any atom is 0.189 e. The Bertz CT molecular complexity index is 157. The summed E-state index contributed by atoms with van der Waals surface area (Å²) < 4.78 is 0.939. The summed E-state index contributed by atoms with van der Waals surface area (Å²) in [5.74, 6) is 0.950. The number of carbonyl (C=O) groups excluding carboxylic acids is 1. The fourth-order valence-electron chi connectivity index (χ4n) is 0.827. The molecule has 0 aliphatic carbocycles. The fraction of sp³-hybridized carbons (Fsp3) is 0.900. The molecule has 0 N–H and O–H groups in total. The van der Waals surface area contributed by atoms with E-state index < -0.39 is 0 Å². The summed E-state index contributed by atoms with van der Waals surface area (Å²) in [4.78, 5) is 11.2. The van der Waals surface area contributed by atoms with Crippen LogP contribution in [-0.4, -0.2) is 43.0 Å². The summed E-state index contributed by atoms with van der Waals surface area (Å²) in [6.45, 7) is 3.17. The Morgan fingerprint density at radius 1 is 1.29 bits per heavy atom. The zero-order chi connectivity index (χ0) is 10.3. The Kier molecular flexibility index (Phi) is 11.0. The highest BCUT2D eigenvalue weighted by Crippen LogP contribution is 2.09. The standard InChI is InChI=1S/C10H22NOS.HI/c1-5-6-7-10(12)13-9-8-11(2,3)4;/h5-9H2,1-4H3;1H/q+1;/p-1. The van der Waals surface area contributed by atoms with Crippen LogP contribution in [0.25, 0.3) is 0 Å². The topological polar surface area (TPSA) is 17.1 Å². The van der Waals surface area contributed by atoms with E-state index in [0.29, 0.717) is 5.12 Å². The third-order valence-corrected chi connectivity index (χ3v) is 2.67. The van der Waals surface area contributed by atoms with E-state index in [4.69, 9.17) is 0 Å². The monoisotopic (exact) mass is 331 g/mol. The lowest BCUT2D eigenvalue weighted by Gasteiger charge is -2.23. The highest BCUT2D eigenvalue weighted by molar-refractivity contribution is 8.13. The summed E-state index contributed by atoms with van der Waals surface area (Å²) >= 11 is 1.49. The number of hydrogen-bond donors (Lipinski definition) is 0. The SMILES string of the molecule is CCCCC(=O)SCC[N+](C)(C)C.[I-]. The Morgan fingerprint density at radius 3 is 2.29 bits per heavy atom. The first-order chi connectivity index (χ1) is 5.95. The lowest BCUT2D eigenvalue weighted by molar-refractivity contribution is -0.867. The van der Waals surface area contributed by atoms with Crippen LogP contribution < -0.4 is 24.0 Å². The van der Waals surface area contributed by atoms with Crippen molar-refractivity contribution in [1.82, 2.24) is 0 Å². The van der Waals surface area contributed by atoms with Crippen molar-refractivity contribution in [2.45, 2.75) is 26.2 Å². The van der Waals surface area contributed by atoms with Gasteiger partial charge in [0, 0.05) is 6.42 Å². The lowest BCUT2D eigenvalue weighted by atomic mass is 10.3. The third kappa shape index (κ3) is 12.7. The molecule has 0 radical (unpaired) electrons. The summed E-state index contributed by atoms with van der Waals surface area (Å²) in [6, 6.07) is 0. The van der Waals surface area contributed by atoms with Crippen LogP contribution in [0.3, 0.4) is 0 Å². The first-order valence-electron chi connectivity index (χ1n) is 4.92. The maximum atomic E-state index is 11.2. The zero-order valence-corrected chi connectivity index (χ0v) is 12.7. The van der Waals surface area contributed by atoms with E-state index in [0.717, 1.165) is 36.0 Å². The van der Waals surface area contributed by atoms with E-state index in [9.17, 15) is 4.79 Å². The molecule has 0 heterocycles. The Morgan fingerprint density at radius 2 is 1.86 bits per heavy atom. The van der Waals surface area contributed by atoms with Crippen molar-refractivity contribution in [3.8, 4) is 0 Å². The number of halogens is 1. The summed E-state index contributed by atoms with van der Waals surface area (Å²) in [5, 5.41) is 0.357. The van der Waals surface area contributed by atoms with Crippen LogP contribution in [0.4, 0.5) is 0 Å². The van der Waals surface area contributed by atoms with Gasteiger partial charge in [-0.3, -0.25) is 4.79 Å². The molecule has 0 amide bonds. The highest BCUT2D eigenvalue weighted by Gasteiger charge is 2.08. The molecule has 0 bridgehead atoms. The average Bonchev–Trinajstić information content (AvgIpc) is 1.98. The second-order valence-electron chi connectivity index (χ2n) is 4.34. The van der Waals surface area contributed by atoms with Crippen molar-refractivity contribution in [3.63, 3.8) is 0 Å². The summed E-state index contributed by atoms with van der Waals surface area (Å²) in [6.07, 6.45) is 2.90. The van der Waals surface area contributed by atoms with Crippen molar-refractivity contribution in [3.05, 3.63) is 0 Å². The number of nitrogens with zero attached hydrogens (tertiary/aromatic N) is 1. The van der Waals surface area contributed by atoms with Gasteiger partial charge in [-0.25, -0.2) is 0 Å². The number of quaternary nitrogens is 1. The minimum Gasteiger partial charge on any atom is -1.00 e. The van der Waals surface area contributed by atoms with Gasteiger partial charge in [0.05, 0.1) is 33.4 Å². The number of hydrogen-bond acceptors (Lipinski definition) is 2. The molecule has 0 unspecified atom stereocenters.